The Hall–Kier alpha value is -0.700. The lowest BCUT2D eigenvalue weighted by atomic mass is 10.1. The standard InChI is InChI=1S/C11H17NOS/c1-9(2)5-4-8-12-10(13)6-3-7-11(12)14/h5H,3-4,6-8H2,1-2H3. The molecule has 1 aliphatic heterocycles. The van der Waals surface area contributed by atoms with Crippen molar-refractivity contribution in [3.63, 3.8) is 0 Å². The molecule has 0 aromatic carbocycles. The smallest absolute Gasteiger partial charge is 0.227 e. The van der Waals surface area contributed by atoms with Crippen LogP contribution in [-0.4, -0.2) is 22.3 Å². The first-order valence-electron chi connectivity index (χ1n) is 5.08. The molecule has 0 bridgehead atoms. The summed E-state index contributed by atoms with van der Waals surface area (Å²) >= 11 is 5.17. The van der Waals surface area contributed by atoms with Crippen LogP contribution in [0.3, 0.4) is 0 Å². The van der Waals surface area contributed by atoms with E-state index < -0.39 is 0 Å². The zero-order valence-corrected chi connectivity index (χ0v) is 9.69. The Morgan fingerprint density at radius 2 is 2.21 bits per heavy atom. The molecule has 1 rings (SSSR count). The molecule has 0 aromatic rings. The third-order valence-corrected chi connectivity index (χ3v) is 2.71. The number of carbonyl (C=O) groups is 1. The molecule has 14 heavy (non-hydrogen) atoms. The number of rotatable bonds is 3. The van der Waals surface area contributed by atoms with E-state index in [0.717, 1.165) is 30.8 Å². The van der Waals surface area contributed by atoms with Crippen molar-refractivity contribution >= 4 is 23.1 Å². The van der Waals surface area contributed by atoms with E-state index in [2.05, 4.69) is 19.9 Å². The zero-order chi connectivity index (χ0) is 10.6. The van der Waals surface area contributed by atoms with Gasteiger partial charge in [-0.15, -0.1) is 0 Å². The fourth-order valence-corrected chi connectivity index (χ4v) is 1.87. The maximum atomic E-state index is 11.5. The molecule has 2 nitrogen and oxygen atoms in total. The Bertz CT molecular complexity index is 250. The molecular weight excluding hydrogens is 194 g/mol. The van der Waals surface area contributed by atoms with Crippen LogP contribution in [0.25, 0.3) is 0 Å². The average molecular weight is 211 g/mol. The number of hydrogen-bond acceptors (Lipinski definition) is 2. The molecule has 1 amide bonds. The largest absolute Gasteiger partial charge is 0.306 e. The van der Waals surface area contributed by atoms with Crippen molar-refractivity contribution in [2.45, 2.75) is 39.5 Å². The molecule has 1 saturated heterocycles. The Morgan fingerprint density at radius 3 is 2.79 bits per heavy atom. The van der Waals surface area contributed by atoms with Crippen LogP contribution in [0.1, 0.15) is 39.5 Å². The molecule has 3 heteroatoms. The molecule has 0 spiro atoms. The molecule has 0 radical (unpaired) electrons. The van der Waals surface area contributed by atoms with Crippen molar-refractivity contribution < 1.29 is 4.79 Å². The molecule has 78 valence electrons. The second-order valence-electron chi connectivity index (χ2n) is 3.86. The first-order chi connectivity index (χ1) is 6.61. The van der Waals surface area contributed by atoms with Gasteiger partial charge in [0.25, 0.3) is 0 Å². The normalized spacial score (nSPS) is 17.1. The lowest BCUT2D eigenvalue weighted by molar-refractivity contribution is -0.128. The molecule has 0 saturated carbocycles. The number of carbonyl (C=O) groups excluding carboxylic acids is 1. The highest BCUT2D eigenvalue weighted by Gasteiger charge is 2.21. The molecular formula is C11H17NOS. The van der Waals surface area contributed by atoms with Gasteiger partial charge in [-0.3, -0.25) is 4.79 Å². The fraction of sp³-hybridized carbons (Fsp3) is 0.636. The topological polar surface area (TPSA) is 20.3 Å². The van der Waals surface area contributed by atoms with Gasteiger partial charge in [0.05, 0.1) is 4.99 Å². The molecule has 0 atom stereocenters. The Kier molecular flexibility index (Phi) is 4.26. The maximum absolute atomic E-state index is 11.5. The second kappa shape index (κ2) is 5.25. The zero-order valence-electron chi connectivity index (χ0n) is 8.88. The van der Waals surface area contributed by atoms with Crippen LogP contribution >= 0.6 is 12.2 Å². The minimum atomic E-state index is 0.198. The highest BCUT2D eigenvalue weighted by molar-refractivity contribution is 7.80. The van der Waals surface area contributed by atoms with E-state index in [1.165, 1.54) is 5.57 Å². The highest BCUT2D eigenvalue weighted by atomic mass is 32.1. The maximum Gasteiger partial charge on any atom is 0.227 e. The number of nitrogens with zero attached hydrogens (tertiary/aromatic N) is 1. The van der Waals surface area contributed by atoms with Crippen molar-refractivity contribution in [1.29, 1.82) is 0 Å². The molecule has 0 aromatic heterocycles. The van der Waals surface area contributed by atoms with Crippen LogP contribution in [0.5, 0.6) is 0 Å². The Labute approximate surface area is 91.0 Å². The van der Waals surface area contributed by atoms with E-state index >= 15 is 0 Å². The van der Waals surface area contributed by atoms with Gasteiger partial charge in [0.15, 0.2) is 0 Å². The molecule has 1 fully saturated rings. The van der Waals surface area contributed by atoms with Gasteiger partial charge in [-0.1, -0.05) is 23.9 Å². The molecule has 0 aliphatic carbocycles. The van der Waals surface area contributed by atoms with Crippen molar-refractivity contribution in [3.05, 3.63) is 11.6 Å². The van der Waals surface area contributed by atoms with Gasteiger partial charge in [-0.05, 0) is 33.1 Å². The molecule has 0 N–H and O–H groups in total. The van der Waals surface area contributed by atoms with E-state index in [4.69, 9.17) is 12.2 Å². The van der Waals surface area contributed by atoms with Crippen LogP contribution < -0.4 is 0 Å². The third kappa shape index (κ3) is 3.22. The van der Waals surface area contributed by atoms with Crippen molar-refractivity contribution in [2.24, 2.45) is 0 Å². The number of amides is 1. The van der Waals surface area contributed by atoms with Crippen molar-refractivity contribution in [2.75, 3.05) is 6.54 Å². The predicted octanol–water partition coefficient (Wildman–Crippen LogP) is 2.68. The summed E-state index contributed by atoms with van der Waals surface area (Å²) in [5.74, 6) is 0.198. The number of thiocarbonyl (C=S) groups is 1. The lowest BCUT2D eigenvalue weighted by Gasteiger charge is -2.26. The minimum absolute atomic E-state index is 0.198. The summed E-state index contributed by atoms with van der Waals surface area (Å²) in [7, 11) is 0. The minimum Gasteiger partial charge on any atom is -0.306 e. The van der Waals surface area contributed by atoms with Gasteiger partial charge in [-0.25, -0.2) is 0 Å². The summed E-state index contributed by atoms with van der Waals surface area (Å²) in [5.41, 5.74) is 1.29. The Morgan fingerprint density at radius 1 is 1.50 bits per heavy atom. The fourth-order valence-electron chi connectivity index (χ4n) is 1.53. The van der Waals surface area contributed by atoms with Crippen LogP contribution in [0.2, 0.25) is 0 Å². The predicted molar refractivity (Wildman–Crippen MR) is 62.2 cm³/mol. The van der Waals surface area contributed by atoms with Gasteiger partial charge >= 0.3 is 0 Å². The second-order valence-corrected chi connectivity index (χ2v) is 4.33. The number of likely N-dealkylation sites (tertiary alicyclic amines) is 1. The lowest BCUT2D eigenvalue weighted by Crippen LogP contribution is -2.39. The van der Waals surface area contributed by atoms with Crippen LogP contribution in [0.15, 0.2) is 11.6 Å². The summed E-state index contributed by atoms with van der Waals surface area (Å²) in [6, 6.07) is 0. The third-order valence-electron chi connectivity index (χ3n) is 2.29. The molecule has 1 heterocycles. The van der Waals surface area contributed by atoms with E-state index in [1.54, 1.807) is 4.90 Å². The molecule has 1 aliphatic rings. The van der Waals surface area contributed by atoms with E-state index in [0.29, 0.717) is 6.42 Å². The van der Waals surface area contributed by atoms with Gasteiger partial charge in [0.2, 0.25) is 5.91 Å². The summed E-state index contributed by atoms with van der Waals surface area (Å²) in [6.07, 6.45) is 5.54. The number of hydrogen-bond donors (Lipinski definition) is 0. The van der Waals surface area contributed by atoms with Gasteiger partial charge in [-0.2, -0.15) is 0 Å². The van der Waals surface area contributed by atoms with Crippen molar-refractivity contribution in [3.8, 4) is 0 Å². The van der Waals surface area contributed by atoms with E-state index in [1.807, 2.05) is 0 Å². The number of allylic oxidation sites excluding steroid dienone is 1. The van der Waals surface area contributed by atoms with Crippen LogP contribution in [0.4, 0.5) is 0 Å². The summed E-state index contributed by atoms with van der Waals surface area (Å²) < 4.78 is 0. The van der Waals surface area contributed by atoms with Crippen LogP contribution in [0, 0.1) is 0 Å². The Balaban J connectivity index is 2.45. The van der Waals surface area contributed by atoms with E-state index in [-0.39, 0.29) is 5.91 Å². The van der Waals surface area contributed by atoms with Gasteiger partial charge < -0.3 is 4.90 Å². The first-order valence-corrected chi connectivity index (χ1v) is 5.48. The average Bonchev–Trinajstić information content (AvgIpc) is 2.09. The number of piperidine rings is 1. The quantitative estimate of drug-likeness (QED) is 0.528. The highest BCUT2D eigenvalue weighted by Crippen LogP contribution is 2.14. The SMILES string of the molecule is CC(C)=CCCN1C(=O)CCCC1=S. The summed E-state index contributed by atoms with van der Waals surface area (Å²) in [4.78, 5) is 14.1. The van der Waals surface area contributed by atoms with Crippen LogP contribution in [-0.2, 0) is 4.79 Å². The van der Waals surface area contributed by atoms with Gasteiger partial charge in [0, 0.05) is 13.0 Å². The first kappa shape index (κ1) is 11.4. The van der Waals surface area contributed by atoms with Crippen molar-refractivity contribution in [1.82, 2.24) is 4.90 Å². The summed E-state index contributed by atoms with van der Waals surface area (Å²) in [6.45, 7) is 4.88. The van der Waals surface area contributed by atoms with Gasteiger partial charge in [0.1, 0.15) is 0 Å². The van der Waals surface area contributed by atoms with E-state index in [9.17, 15) is 4.79 Å². The summed E-state index contributed by atoms with van der Waals surface area (Å²) in [5, 5.41) is 0. The molecule has 0 unspecified atom stereocenters. The monoisotopic (exact) mass is 211 g/mol.